The normalized spacial score (nSPS) is 12.6. The van der Waals surface area contributed by atoms with Crippen LogP contribution in [0.5, 0.6) is 5.75 Å². The van der Waals surface area contributed by atoms with Crippen LogP contribution in [0, 0.1) is 12.7 Å². The van der Waals surface area contributed by atoms with E-state index >= 15 is 0 Å². The van der Waals surface area contributed by atoms with E-state index in [9.17, 15) is 4.39 Å². The molecule has 0 aliphatic rings. The Morgan fingerprint density at radius 2 is 2.14 bits per heavy atom. The van der Waals surface area contributed by atoms with E-state index in [0.717, 1.165) is 5.56 Å². The molecule has 0 radical (unpaired) electrons. The van der Waals surface area contributed by atoms with Crippen molar-refractivity contribution in [3.05, 3.63) is 29.1 Å². The Balaban J connectivity index is 3.19. The van der Waals surface area contributed by atoms with Gasteiger partial charge in [0.25, 0.3) is 0 Å². The molecule has 0 aromatic heterocycles. The standard InChI is InChI=1S/C11H16FNO/c1-7-4-9(8(2)6-13)11(14-3)5-10(7)12/h4-5,8H,6,13H2,1-3H3. The number of halogens is 1. The van der Waals surface area contributed by atoms with Gasteiger partial charge in [-0.05, 0) is 36.6 Å². The number of hydrogen-bond acceptors (Lipinski definition) is 2. The lowest BCUT2D eigenvalue weighted by atomic mass is 9.98. The number of hydrogen-bond donors (Lipinski definition) is 1. The van der Waals surface area contributed by atoms with Gasteiger partial charge in [0.2, 0.25) is 0 Å². The maximum absolute atomic E-state index is 13.2. The Labute approximate surface area is 83.9 Å². The lowest BCUT2D eigenvalue weighted by Crippen LogP contribution is -2.10. The van der Waals surface area contributed by atoms with Gasteiger partial charge in [-0.2, -0.15) is 0 Å². The van der Waals surface area contributed by atoms with E-state index in [0.29, 0.717) is 17.9 Å². The molecule has 0 saturated heterocycles. The zero-order valence-corrected chi connectivity index (χ0v) is 8.80. The van der Waals surface area contributed by atoms with Gasteiger partial charge in [-0.25, -0.2) is 4.39 Å². The van der Waals surface area contributed by atoms with Gasteiger partial charge in [-0.15, -0.1) is 0 Å². The second-order valence-corrected chi connectivity index (χ2v) is 3.48. The van der Waals surface area contributed by atoms with Crippen molar-refractivity contribution in [2.45, 2.75) is 19.8 Å². The fraction of sp³-hybridized carbons (Fsp3) is 0.455. The van der Waals surface area contributed by atoms with Crippen molar-refractivity contribution >= 4 is 0 Å². The van der Waals surface area contributed by atoms with Crippen LogP contribution < -0.4 is 10.5 Å². The van der Waals surface area contributed by atoms with E-state index in [1.54, 1.807) is 13.0 Å². The largest absolute Gasteiger partial charge is 0.496 e. The number of rotatable bonds is 3. The first-order chi connectivity index (χ1) is 6.60. The lowest BCUT2D eigenvalue weighted by molar-refractivity contribution is 0.402. The van der Waals surface area contributed by atoms with Crippen LogP contribution in [0.3, 0.4) is 0 Å². The summed E-state index contributed by atoms with van der Waals surface area (Å²) in [6.07, 6.45) is 0. The molecule has 0 heterocycles. The Hall–Kier alpha value is -1.09. The highest BCUT2D eigenvalue weighted by molar-refractivity contribution is 5.40. The van der Waals surface area contributed by atoms with E-state index in [-0.39, 0.29) is 11.7 Å². The first kappa shape index (κ1) is 11.0. The summed E-state index contributed by atoms with van der Waals surface area (Å²) in [5.41, 5.74) is 7.16. The van der Waals surface area contributed by atoms with Gasteiger partial charge in [-0.1, -0.05) is 6.92 Å². The molecule has 0 spiro atoms. The van der Waals surface area contributed by atoms with Gasteiger partial charge in [0.05, 0.1) is 7.11 Å². The summed E-state index contributed by atoms with van der Waals surface area (Å²) in [7, 11) is 1.54. The van der Waals surface area contributed by atoms with Gasteiger partial charge < -0.3 is 10.5 Å². The van der Waals surface area contributed by atoms with E-state index < -0.39 is 0 Å². The Kier molecular flexibility index (Phi) is 3.47. The zero-order chi connectivity index (χ0) is 10.7. The summed E-state index contributed by atoms with van der Waals surface area (Å²) in [5, 5.41) is 0. The molecule has 1 aromatic carbocycles. The van der Waals surface area contributed by atoms with Crippen LogP contribution in [0.25, 0.3) is 0 Å². The second kappa shape index (κ2) is 4.42. The molecule has 1 aromatic rings. The molecule has 1 rings (SSSR count). The molecule has 78 valence electrons. The fourth-order valence-corrected chi connectivity index (χ4v) is 1.37. The molecule has 2 N–H and O–H groups in total. The van der Waals surface area contributed by atoms with Crippen molar-refractivity contribution < 1.29 is 9.13 Å². The molecular formula is C11H16FNO. The smallest absolute Gasteiger partial charge is 0.129 e. The van der Waals surface area contributed by atoms with Crippen molar-refractivity contribution in [2.75, 3.05) is 13.7 Å². The van der Waals surface area contributed by atoms with Gasteiger partial charge in [0, 0.05) is 6.07 Å². The van der Waals surface area contributed by atoms with Gasteiger partial charge in [0.1, 0.15) is 11.6 Å². The lowest BCUT2D eigenvalue weighted by Gasteiger charge is -2.15. The molecule has 14 heavy (non-hydrogen) atoms. The minimum atomic E-state index is -0.241. The third kappa shape index (κ3) is 2.04. The molecule has 3 heteroatoms. The van der Waals surface area contributed by atoms with Gasteiger partial charge in [0.15, 0.2) is 0 Å². The van der Waals surface area contributed by atoms with Crippen LogP contribution in [0.15, 0.2) is 12.1 Å². The van der Waals surface area contributed by atoms with E-state index in [4.69, 9.17) is 10.5 Å². The summed E-state index contributed by atoms with van der Waals surface area (Å²) in [5.74, 6) is 0.519. The van der Waals surface area contributed by atoms with Gasteiger partial charge >= 0.3 is 0 Å². The Bertz CT molecular complexity index is 325. The zero-order valence-electron chi connectivity index (χ0n) is 8.80. The minimum Gasteiger partial charge on any atom is -0.496 e. The Morgan fingerprint density at radius 3 is 2.64 bits per heavy atom. The van der Waals surface area contributed by atoms with Crippen LogP contribution in [0.2, 0.25) is 0 Å². The summed E-state index contributed by atoms with van der Waals surface area (Å²) < 4.78 is 18.3. The molecular weight excluding hydrogens is 181 g/mol. The van der Waals surface area contributed by atoms with Crippen LogP contribution in [0.1, 0.15) is 24.0 Å². The van der Waals surface area contributed by atoms with Crippen LogP contribution >= 0.6 is 0 Å². The number of aryl methyl sites for hydroxylation is 1. The summed E-state index contributed by atoms with van der Waals surface area (Å²) in [4.78, 5) is 0. The quantitative estimate of drug-likeness (QED) is 0.806. The highest BCUT2D eigenvalue weighted by Gasteiger charge is 2.12. The van der Waals surface area contributed by atoms with Crippen LogP contribution in [0.4, 0.5) is 4.39 Å². The minimum absolute atomic E-state index is 0.184. The molecule has 0 bridgehead atoms. The average molecular weight is 197 g/mol. The highest BCUT2D eigenvalue weighted by atomic mass is 19.1. The van der Waals surface area contributed by atoms with Crippen molar-refractivity contribution in [3.63, 3.8) is 0 Å². The molecule has 0 fully saturated rings. The van der Waals surface area contributed by atoms with E-state index in [1.807, 2.05) is 6.92 Å². The predicted octanol–water partition coefficient (Wildman–Crippen LogP) is 2.20. The fourth-order valence-electron chi connectivity index (χ4n) is 1.37. The summed E-state index contributed by atoms with van der Waals surface area (Å²) in [6.45, 7) is 4.26. The molecule has 1 unspecified atom stereocenters. The van der Waals surface area contributed by atoms with E-state index in [1.165, 1.54) is 13.2 Å². The topological polar surface area (TPSA) is 35.2 Å². The molecule has 0 aliphatic carbocycles. The third-order valence-corrected chi connectivity index (χ3v) is 2.40. The first-order valence-electron chi connectivity index (χ1n) is 4.64. The SMILES string of the molecule is COc1cc(F)c(C)cc1C(C)CN. The van der Waals surface area contributed by atoms with Crippen molar-refractivity contribution in [3.8, 4) is 5.75 Å². The maximum atomic E-state index is 13.2. The maximum Gasteiger partial charge on any atom is 0.129 e. The summed E-state index contributed by atoms with van der Waals surface area (Å²) in [6, 6.07) is 3.21. The predicted molar refractivity (Wildman–Crippen MR) is 55.2 cm³/mol. The molecule has 0 saturated carbocycles. The van der Waals surface area contributed by atoms with Crippen molar-refractivity contribution in [2.24, 2.45) is 5.73 Å². The van der Waals surface area contributed by atoms with Gasteiger partial charge in [-0.3, -0.25) is 0 Å². The first-order valence-corrected chi connectivity index (χ1v) is 4.64. The van der Waals surface area contributed by atoms with Crippen LogP contribution in [-0.4, -0.2) is 13.7 Å². The van der Waals surface area contributed by atoms with Crippen molar-refractivity contribution in [1.29, 1.82) is 0 Å². The molecule has 0 amide bonds. The number of methoxy groups -OCH3 is 1. The number of benzene rings is 1. The van der Waals surface area contributed by atoms with E-state index in [2.05, 4.69) is 0 Å². The molecule has 1 atom stereocenters. The highest BCUT2D eigenvalue weighted by Crippen LogP contribution is 2.28. The second-order valence-electron chi connectivity index (χ2n) is 3.48. The third-order valence-electron chi connectivity index (χ3n) is 2.40. The average Bonchev–Trinajstić information content (AvgIpc) is 2.20. The monoisotopic (exact) mass is 197 g/mol. The summed E-state index contributed by atoms with van der Waals surface area (Å²) >= 11 is 0. The number of ether oxygens (including phenoxy) is 1. The van der Waals surface area contributed by atoms with Crippen LogP contribution in [-0.2, 0) is 0 Å². The van der Waals surface area contributed by atoms with Crippen molar-refractivity contribution in [1.82, 2.24) is 0 Å². The molecule has 0 aliphatic heterocycles. The Morgan fingerprint density at radius 1 is 1.50 bits per heavy atom. The molecule has 2 nitrogen and oxygen atoms in total. The number of nitrogens with two attached hydrogens (primary N) is 1.